The first-order valence-corrected chi connectivity index (χ1v) is 8.54. The van der Waals surface area contributed by atoms with Crippen LogP contribution in [-0.2, 0) is 6.42 Å². The monoisotopic (exact) mass is 374 g/mol. The molecule has 1 unspecified atom stereocenters. The summed E-state index contributed by atoms with van der Waals surface area (Å²) >= 11 is 0. The lowest BCUT2D eigenvalue weighted by Gasteiger charge is -2.17. The molecule has 2 aromatic heterocycles. The normalized spacial score (nSPS) is 16.9. The highest BCUT2D eigenvalue weighted by Crippen LogP contribution is 2.25. The Kier molecular flexibility index (Phi) is 4.38. The minimum atomic E-state index is -0.740. The van der Waals surface area contributed by atoms with Gasteiger partial charge in [-0.25, -0.2) is 13.5 Å². The Morgan fingerprint density at radius 1 is 1.37 bits per heavy atom. The number of hydrogen-bond donors (Lipinski definition) is 0. The lowest BCUT2D eigenvalue weighted by atomic mass is 10.2. The molecule has 27 heavy (non-hydrogen) atoms. The molecule has 0 N–H and O–H groups in total. The van der Waals surface area contributed by atoms with Crippen molar-refractivity contribution in [2.75, 3.05) is 13.1 Å². The van der Waals surface area contributed by atoms with Gasteiger partial charge in [-0.05, 0) is 24.6 Å². The highest BCUT2D eigenvalue weighted by molar-refractivity contribution is 5.94. The van der Waals surface area contributed by atoms with Crippen LogP contribution >= 0.6 is 0 Å². The second kappa shape index (κ2) is 6.86. The summed E-state index contributed by atoms with van der Waals surface area (Å²) in [5, 5.41) is 11.9. The zero-order valence-electron chi connectivity index (χ0n) is 14.5. The number of rotatable bonds is 4. The molecule has 1 aromatic carbocycles. The van der Waals surface area contributed by atoms with Crippen molar-refractivity contribution >= 4 is 5.91 Å². The van der Waals surface area contributed by atoms with Crippen molar-refractivity contribution < 1.29 is 18.1 Å². The van der Waals surface area contributed by atoms with Crippen LogP contribution in [0.25, 0.3) is 11.6 Å². The summed E-state index contributed by atoms with van der Waals surface area (Å²) in [6.45, 7) is 2.65. The van der Waals surface area contributed by atoms with Crippen LogP contribution in [0.5, 0.6) is 0 Å². The Bertz CT molecular complexity index is 985. The van der Waals surface area contributed by atoms with E-state index >= 15 is 0 Å². The fourth-order valence-corrected chi connectivity index (χ4v) is 3.03. The predicted octanol–water partition coefficient (Wildman–Crippen LogP) is 2.26. The summed E-state index contributed by atoms with van der Waals surface area (Å²) in [5.41, 5.74) is 0.177. The molecule has 3 aromatic rings. The average molecular weight is 374 g/mol. The van der Waals surface area contributed by atoms with Gasteiger partial charge in [-0.15, -0.1) is 5.10 Å². The molecular formula is C17H16F2N6O2. The van der Waals surface area contributed by atoms with Crippen LogP contribution < -0.4 is 0 Å². The van der Waals surface area contributed by atoms with E-state index in [2.05, 4.69) is 20.5 Å². The molecule has 1 aliphatic heterocycles. The van der Waals surface area contributed by atoms with Crippen LogP contribution in [0.1, 0.15) is 35.6 Å². The van der Waals surface area contributed by atoms with Gasteiger partial charge in [-0.2, -0.15) is 4.98 Å². The molecule has 0 spiro atoms. The molecular weight excluding hydrogens is 358 g/mol. The first kappa shape index (κ1) is 17.3. The highest BCUT2D eigenvalue weighted by Gasteiger charge is 2.30. The fraction of sp³-hybridized carbons (Fsp3) is 0.353. The predicted molar refractivity (Wildman–Crippen MR) is 88.6 cm³/mol. The molecule has 0 aliphatic carbocycles. The quantitative estimate of drug-likeness (QED) is 0.696. The zero-order valence-corrected chi connectivity index (χ0v) is 14.5. The summed E-state index contributed by atoms with van der Waals surface area (Å²) in [4.78, 5) is 18.2. The molecule has 1 atom stereocenters. The van der Waals surface area contributed by atoms with E-state index in [-0.39, 0.29) is 17.5 Å². The van der Waals surface area contributed by atoms with Gasteiger partial charge in [0.1, 0.15) is 11.6 Å². The topological polar surface area (TPSA) is 89.9 Å². The molecule has 0 radical (unpaired) electrons. The van der Waals surface area contributed by atoms with Gasteiger partial charge in [-0.3, -0.25) is 4.79 Å². The van der Waals surface area contributed by atoms with Crippen molar-refractivity contribution in [2.24, 2.45) is 0 Å². The third-order valence-electron chi connectivity index (χ3n) is 4.50. The molecule has 1 saturated heterocycles. The largest absolute Gasteiger partial charge is 0.336 e. The maximum atomic E-state index is 13.9. The van der Waals surface area contributed by atoms with Gasteiger partial charge < -0.3 is 9.42 Å². The number of carbonyl (C=O) groups excluding carboxylic acids is 1. The molecule has 4 rings (SSSR count). The zero-order chi connectivity index (χ0) is 19.0. The lowest BCUT2D eigenvalue weighted by Crippen LogP contribution is -2.30. The van der Waals surface area contributed by atoms with E-state index in [4.69, 9.17) is 4.52 Å². The van der Waals surface area contributed by atoms with E-state index < -0.39 is 17.5 Å². The van der Waals surface area contributed by atoms with Crippen molar-refractivity contribution in [3.8, 4) is 11.6 Å². The van der Waals surface area contributed by atoms with Gasteiger partial charge in [0.15, 0.2) is 11.5 Å². The number of nitrogens with zero attached hydrogens (tertiary/aromatic N) is 6. The number of halogens is 2. The number of benzene rings is 1. The minimum absolute atomic E-state index is 0.125. The maximum Gasteiger partial charge on any atom is 0.280 e. The van der Waals surface area contributed by atoms with Crippen LogP contribution in [-0.4, -0.2) is 49.0 Å². The SMILES string of the molecule is CCc1noc(-c2cn(C3CCN(C(=O)c4cc(F)ccc4F)C3)nn2)n1. The second-order valence-electron chi connectivity index (χ2n) is 6.27. The van der Waals surface area contributed by atoms with E-state index in [0.29, 0.717) is 37.4 Å². The Morgan fingerprint density at radius 3 is 3.00 bits per heavy atom. The minimum Gasteiger partial charge on any atom is -0.336 e. The molecule has 8 nitrogen and oxygen atoms in total. The number of carbonyl (C=O) groups is 1. The molecule has 1 fully saturated rings. The summed E-state index contributed by atoms with van der Waals surface area (Å²) in [5.74, 6) is -1.07. The Morgan fingerprint density at radius 2 is 2.22 bits per heavy atom. The summed E-state index contributed by atoms with van der Waals surface area (Å²) < 4.78 is 34.0. The van der Waals surface area contributed by atoms with Crippen molar-refractivity contribution in [3.05, 3.63) is 47.4 Å². The number of hydrogen-bond acceptors (Lipinski definition) is 6. The van der Waals surface area contributed by atoms with E-state index in [1.165, 1.54) is 4.90 Å². The van der Waals surface area contributed by atoms with Crippen LogP contribution in [0, 0.1) is 11.6 Å². The molecule has 0 saturated carbocycles. The molecule has 3 heterocycles. The molecule has 0 bridgehead atoms. The second-order valence-corrected chi connectivity index (χ2v) is 6.27. The summed E-state index contributed by atoms with van der Waals surface area (Å²) in [6.07, 6.45) is 2.94. The number of aromatic nitrogens is 5. The van der Waals surface area contributed by atoms with Crippen molar-refractivity contribution in [1.29, 1.82) is 0 Å². The fourth-order valence-electron chi connectivity index (χ4n) is 3.03. The third kappa shape index (κ3) is 3.29. The molecule has 1 amide bonds. The van der Waals surface area contributed by atoms with E-state index in [1.807, 2.05) is 6.92 Å². The first-order valence-electron chi connectivity index (χ1n) is 8.54. The molecule has 140 valence electrons. The van der Waals surface area contributed by atoms with Gasteiger partial charge in [0.05, 0.1) is 17.8 Å². The summed E-state index contributed by atoms with van der Waals surface area (Å²) in [7, 11) is 0. The Balaban J connectivity index is 1.48. The van der Waals surface area contributed by atoms with Crippen LogP contribution in [0.4, 0.5) is 8.78 Å². The number of aryl methyl sites for hydroxylation is 1. The van der Waals surface area contributed by atoms with Gasteiger partial charge in [-0.1, -0.05) is 17.3 Å². The van der Waals surface area contributed by atoms with Crippen LogP contribution in [0.15, 0.2) is 28.9 Å². The van der Waals surface area contributed by atoms with Crippen molar-refractivity contribution in [1.82, 2.24) is 30.0 Å². The summed E-state index contributed by atoms with van der Waals surface area (Å²) in [6, 6.07) is 2.73. The Labute approximate surface area is 152 Å². The highest BCUT2D eigenvalue weighted by atomic mass is 19.1. The number of amides is 1. The average Bonchev–Trinajstić information content (AvgIpc) is 3.41. The van der Waals surface area contributed by atoms with Crippen molar-refractivity contribution in [3.63, 3.8) is 0 Å². The molecule has 10 heteroatoms. The van der Waals surface area contributed by atoms with E-state index in [9.17, 15) is 13.6 Å². The van der Waals surface area contributed by atoms with Crippen LogP contribution in [0.3, 0.4) is 0 Å². The third-order valence-corrected chi connectivity index (χ3v) is 4.50. The smallest absolute Gasteiger partial charge is 0.280 e. The van der Waals surface area contributed by atoms with E-state index in [1.54, 1.807) is 10.9 Å². The van der Waals surface area contributed by atoms with Crippen molar-refractivity contribution in [2.45, 2.75) is 25.8 Å². The standard InChI is InChI=1S/C17H16F2N6O2/c1-2-15-20-16(27-22-15)14-9-25(23-21-14)11-5-6-24(8-11)17(26)12-7-10(18)3-4-13(12)19/h3-4,7,9,11H,2,5-6,8H2,1H3. The first-order chi connectivity index (χ1) is 13.0. The van der Waals surface area contributed by atoms with Crippen LogP contribution in [0.2, 0.25) is 0 Å². The van der Waals surface area contributed by atoms with E-state index in [0.717, 1.165) is 18.2 Å². The van der Waals surface area contributed by atoms with Gasteiger partial charge in [0, 0.05) is 19.5 Å². The van der Waals surface area contributed by atoms with Gasteiger partial charge in [0.25, 0.3) is 11.8 Å². The van der Waals surface area contributed by atoms with Gasteiger partial charge >= 0.3 is 0 Å². The molecule has 1 aliphatic rings. The number of likely N-dealkylation sites (tertiary alicyclic amines) is 1. The van der Waals surface area contributed by atoms with Gasteiger partial charge in [0.2, 0.25) is 0 Å². The Hall–Kier alpha value is -3.17. The lowest BCUT2D eigenvalue weighted by molar-refractivity contribution is 0.0781. The maximum absolute atomic E-state index is 13.9.